The van der Waals surface area contributed by atoms with E-state index < -0.39 is 35.6 Å². The summed E-state index contributed by atoms with van der Waals surface area (Å²) in [5, 5.41) is 1.28. The van der Waals surface area contributed by atoms with Gasteiger partial charge in [0.2, 0.25) is 11.8 Å². The van der Waals surface area contributed by atoms with Gasteiger partial charge in [-0.05, 0) is 18.2 Å². The van der Waals surface area contributed by atoms with Gasteiger partial charge in [0.15, 0.2) is 0 Å². The minimum absolute atomic E-state index is 0.204. The summed E-state index contributed by atoms with van der Waals surface area (Å²) in [5.41, 5.74) is 2.93. The van der Waals surface area contributed by atoms with Crippen LogP contribution in [0.4, 0.5) is 5.69 Å². The molecular formula is C23H24ClN3O6. The second kappa shape index (κ2) is 9.91. The van der Waals surface area contributed by atoms with Crippen molar-refractivity contribution in [1.29, 1.82) is 0 Å². The standard InChI is InChI=1S/C23H24ClN3O6/c1-13(2)22(30)27(25-21(29)14-6-5-7-15(24)8-14)19-12-20(28)26(23(19)31)16-9-17(32-3)11-18(10-16)33-4/h5-11,13,19H,12H2,1-4H3,(H,25,29). The lowest BCUT2D eigenvalue weighted by atomic mass is 10.1. The second-order valence-corrected chi connectivity index (χ2v) is 8.11. The predicted octanol–water partition coefficient (Wildman–Crippen LogP) is 2.82. The molecule has 1 saturated heterocycles. The molecule has 3 rings (SSSR count). The van der Waals surface area contributed by atoms with Crippen LogP contribution in [0.2, 0.25) is 5.02 Å². The molecule has 0 radical (unpaired) electrons. The summed E-state index contributed by atoms with van der Waals surface area (Å²) in [6.07, 6.45) is -0.299. The average molecular weight is 474 g/mol. The van der Waals surface area contributed by atoms with Gasteiger partial charge < -0.3 is 9.47 Å². The molecule has 1 aliphatic rings. The molecule has 0 bridgehead atoms. The number of ether oxygens (including phenoxy) is 2. The summed E-state index contributed by atoms with van der Waals surface area (Å²) in [6.45, 7) is 3.26. The first-order valence-electron chi connectivity index (χ1n) is 10.2. The molecule has 10 heteroatoms. The van der Waals surface area contributed by atoms with Crippen LogP contribution in [-0.4, -0.2) is 48.9 Å². The van der Waals surface area contributed by atoms with Crippen molar-refractivity contribution in [3.8, 4) is 11.5 Å². The van der Waals surface area contributed by atoms with E-state index in [4.69, 9.17) is 21.1 Å². The van der Waals surface area contributed by atoms with Gasteiger partial charge in [-0.1, -0.05) is 31.5 Å². The number of benzene rings is 2. The Bertz CT molecular complexity index is 1080. The zero-order chi connectivity index (χ0) is 24.3. The van der Waals surface area contributed by atoms with E-state index in [0.29, 0.717) is 16.5 Å². The summed E-state index contributed by atoms with van der Waals surface area (Å²) < 4.78 is 10.4. The van der Waals surface area contributed by atoms with Crippen LogP contribution in [0.3, 0.4) is 0 Å². The number of rotatable bonds is 6. The molecule has 174 valence electrons. The maximum atomic E-state index is 13.3. The molecule has 1 atom stereocenters. The molecule has 0 aromatic heterocycles. The molecule has 0 aliphatic carbocycles. The highest BCUT2D eigenvalue weighted by Crippen LogP contribution is 2.32. The lowest BCUT2D eigenvalue weighted by Crippen LogP contribution is -2.55. The Kier molecular flexibility index (Phi) is 7.23. The monoisotopic (exact) mass is 473 g/mol. The SMILES string of the molecule is COc1cc(OC)cc(N2C(=O)CC(N(NC(=O)c3cccc(Cl)c3)C(=O)C(C)C)C2=O)c1. The summed E-state index contributed by atoms with van der Waals surface area (Å²) in [7, 11) is 2.90. The Morgan fingerprint density at radius 2 is 1.73 bits per heavy atom. The van der Waals surface area contributed by atoms with Gasteiger partial charge >= 0.3 is 0 Å². The Hall–Kier alpha value is -3.59. The van der Waals surface area contributed by atoms with Gasteiger partial charge in [0.1, 0.15) is 17.5 Å². The number of amides is 4. The topological polar surface area (TPSA) is 105 Å². The number of hydrogen-bond donors (Lipinski definition) is 1. The fraction of sp³-hybridized carbons (Fsp3) is 0.304. The predicted molar refractivity (Wildman–Crippen MR) is 121 cm³/mol. The summed E-state index contributed by atoms with van der Waals surface area (Å²) in [4.78, 5) is 52.8. The molecule has 1 N–H and O–H groups in total. The van der Waals surface area contributed by atoms with Crippen LogP contribution in [0.1, 0.15) is 30.6 Å². The van der Waals surface area contributed by atoms with Crippen molar-refractivity contribution in [1.82, 2.24) is 10.4 Å². The van der Waals surface area contributed by atoms with Gasteiger partial charge in [0.05, 0.1) is 26.3 Å². The fourth-order valence-corrected chi connectivity index (χ4v) is 3.57. The number of hydrazine groups is 1. The third-order valence-corrected chi connectivity index (χ3v) is 5.30. The zero-order valence-electron chi connectivity index (χ0n) is 18.6. The zero-order valence-corrected chi connectivity index (χ0v) is 19.4. The number of nitrogens with one attached hydrogen (secondary N) is 1. The number of anilines is 1. The lowest BCUT2D eigenvalue weighted by Gasteiger charge is -2.29. The highest BCUT2D eigenvalue weighted by Gasteiger charge is 2.46. The van der Waals surface area contributed by atoms with E-state index in [1.54, 1.807) is 32.0 Å². The molecule has 1 heterocycles. The molecule has 0 spiro atoms. The molecule has 9 nitrogen and oxygen atoms in total. The smallest absolute Gasteiger partial charge is 0.269 e. The Morgan fingerprint density at radius 3 is 2.27 bits per heavy atom. The minimum atomic E-state index is -1.22. The normalized spacial score (nSPS) is 15.6. The molecule has 33 heavy (non-hydrogen) atoms. The van der Waals surface area contributed by atoms with Crippen molar-refractivity contribution in [3.05, 3.63) is 53.1 Å². The van der Waals surface area contributed by atoms with Crippen molar-refractivity contribution in [2.45, 2.75) is 26.3 Å². The largest absolute Gasteiger partial charge is 0.497 e. The third kappa shape index (κ3) is 5.09. The van der Waals surface area contributed by atoms with E-state index in [9.17, 15) is 19.2 Å². The number of carbonyl (C=O) groups is 4. The van der Waals surface area contributed by atoms with Crippen LogP contribution in [0.15, 0.2) is 42.5 Å². The Labute approximate surface area is 196 Å². The summed E-state index contributed by atoms with van der Waals surface area (Å²) in [5.74, 6) is -2.10. The number of carbonyl (C=O) groups excluding carboxylic acids is 4. The van der Waals surface area contributed by atoms with Gasteiger partial charge in [0, 0.05) is 34.7 Å². The first-order valence-corrected chi connectivity index (χ1v) is 10.5. The summed E-state index contributed by atoms with van der Waals surface area (Å²) >= 11 is 5.96. The van der Waals surface area contributed by atoms with E-state index in [-0.39, 0.29) is 17.7 Å². The van der Waals surface area contributed by atoms with E-state index >= 15 is 0 Å². The molecule has 2 aromatic rings. The van der Waals surface area contributed by atoms with E-state index in [2.05, 4.69) is 5.43 Å². The molecule has 2 aromatic carbocycles. The van der Waals surface area contributed by atoms with Gasteiger partial charge in [-0.15, -0.1) is 0 Å². The third-order valence-electron chi connectivity index (χ3n) is 5.07. The van der Waals surface area contributed by atoms with Crippen LogP contribution in [-0.2, 0) is 14.4 Å². The molecule has 1 aliphatic heterocycles. The molecule has 1 fully saturated rings. The molecule has 1 unspecified atom stereocenters. The molecule has 0 saturated carbocycles. The molecule has 4 amide bonds. The highest BCUT2D eigenvalue weighted by atomic mass is 35.5. The van der Waals surface area contributed by atoms with Crippen molar-refractivity contribution in [2.24, 2.45) is 5.92 Å². The van der Waals surface area contributed by atoms with Crippen molar-refractivity contribution in [2.75, 3.05) is 19.1 Å². The van der Waals surface area contributed by atoms with Crippen LogP contribution in [0.5, 0.6) is 11.5 Å². The van der Waals surface area contributed by atoms with Gasteiger partial charge in [-0.3, -0.25) is 24.6 Å². The summed E-state index contributed by atoms with van der Waals surface area (Å²) in [6, 6.07) is 9.57. The number of imide groups is 1. The number of nitrogens with zero attached hydrogens (tertiary/aromatic N) is 2. The van der Waals surface area contributed by atoms with Crippen LogP contribution in [0, 0.1) is 5.92 Å². The van der Waals surface area contributed by atoms with Crippen molar-refractivity contribution >= 4 is 40.9 Å². The fourth-order valence-electron chi connectivity index (χ4n) is 3.38. The van der Waals surface area contributed by atoms with Gasteiger partial charge in [0.25, 0.3) is 11.8 Å². The second-order valence-electron chi connectivity index (χ2n) is 7.67. The lowest BCUT2D eigenvalue weighted by molar-refractivity contribution is -0.143. The maximum absolute atomic E-state index is 13.3. The van der Waals surface area contributed by atoms with Gasteiger partial charge in [-0.2, -0.15) is 0 Å². The Balaban J connectivity index is 1.94. The minimum Gasteiger partial charge on any atom is -0.497 e. The van der Waals surface area contributed by atoms with E-state index in [1.165, 1.54) is 38.5 Å². The quantitative estimate of drug-likeness (QED) is 0.511. The first-order chi connectivity index (χ1) is 15.7. The van der Waals surface area contributed by atoms with Crippen molar-refractivity contribution in [3.63, 3.8) is 0 Å². The van der Waals surface area contributed by atoms with Crippen LogP contribution < -0.4 is 19.8 Å². The van der Waals surface area contributed by atoms with E-state index in [0.717, 1.165) is 9.91 Å². The average Bonchev–Trinajstić information content (AvgIpc) is 3.09. The van der Waals surface area contributed by atoms with Crippen LogP contribution in [0.25, 0.3) is 0 Å². The highest BCUT2D eigenvalue weighted by molar-refractivity contribution is 6.31. The number of halogens is 1. The number of methoxy groups -OCH3 is 2. The Morgan fingerprint density at radius 1 is 1.09 bits per heavy atom. The first kappa shape index (κ1) is 24.1. The maximum Gasteiger partial charge on any atom is 0.269 e. The van der Waals surface area contributed by atoms with Crippen LogP contribution >= 0.6 is 11.6 Å². The van der Waals surface area contributed by atoms with Crippen molar-refractivity contribution < 1.29 is 28.7 Å². The number of hydrogen-bond acceptors (Lipinski definition) is 6. The van der Waals surface area contributed by atoms with E-state index in [1.807, 2.05) is 0 Å². The van der Waals surface area contributed by atoms with Gasteiger partial charge in [-0.25, -0.2) is 9.91 Å². The molecular weight excluding hydrogens is 450 g/mol.